The second-order valence-corrected chi connectivity index (χ2v) is 14.5. The predicted octanol–water partition coefficient (Wildman–Crippen LogP) is 4.74. The quantitative estimate of drug-likeness (QED) is 0.302. The normalized spacial score (nSPS) is 20.9. The highest BCUT2D eigenvalue weighted by atomic mass is 16.6. The molecule has 2 saturated heterocycles. The van der Waals surface area contributed by atoms with Crippen molar-refractivity contribution < 1.29 is 23.9 Å². The molecule has 4 amide bonds. The number of alkyl carbamates (subject to hydrolysis) is 1. The lowest BCUT2D eigenvalue weighted by atomic mass is 9.82. The Bertz CT molecular complexity index is 1490. The molecule has 11 nitrogen and oxygen atoms in total. The molecule has 5 rings (SSSR count). The van der Waals surface area contributed by atoms with E-state index in [-0.39, 0.29) is 29.8 Å². The predicted molar refractivity (Wildman–Crippen MR) is 175 cm³/mol. The fourth-order valence-corrected chi connectivity index (χ4v) is 7.62. The molecule has 2 aliphatic heterocycles. The van der Waals surface area contributed by atoms with Gasteiger partial charge in [0.1, 0.15) is 17.7 Å². The maximum atomic E-state index is 13.7. The number of para-hydroxylation sites is 1. The SMILES string of the molecule is Cn1c(=O)n(C2CCC(=O)NC2=O)c2cccc(CCCCC3CCN(C(=O)[C@@H](NC(=O)OC(C)(C)C)C4CCCCC4)CC3)c21. The van der Waals surface area contributed by atoms with Crippen molar-refractivity contribution in [3.63, 3.8) is 0 Å². The van der Waals surface area contributed by atoms with Gasteiger partial charge in [0.2, 0.25) is 17.7 Å². The molecular weight excluding hydrogens is 586 g/mol. The Morgan fingerprint density at radius 3 is 2.39 bits per heavy atom. The van der Waals surface area contributed by atoms with E-state index in [1.165, 1.54) is 11.0 Å². The molecule has 3 fully saturated rings. The van der Waals surface area contributed by atoms with Crippen molar-refractivity contribution in [2.45, 2.75) is 122 Å². The minimum Gasteiger partial charge on any atom is -0.444 e. The van der Waals surface area contributed by atoms with Gasteiger partial charge in [-0.2, -0.15) is 0 Å². The largest absolute Gasteiger partial charge is 0.444 e. The molecule has 2 aromatic rings. The Balaban J connectivity index is 1.14. The molecule has 46 heavy (non-hydrogen) atoms. The van der Waals surface area contributed by atoms with Gasteiger partial charge in [0.05, 0.1) is 11.0 Å². The van der Waals surface area contributed by atoms with Crippen LogP contribution in [0.1, 0.15) is 109 Å². The second kappa shape index (κ2) is 14.4. The van der Waals surface area contributed by atoms with Gasteiger partial charge in [-0.15, -0.1) is 0 Å². The number of likely N-dealkylation sites (tertiary alicyclic amines) is 1. The highest BCUT2D eigenvalue weighted by Crippen LogP contribution is 2.30. The van der Waals surface area contributed by atoms with Gasteiger partial charge >= 0.3 is 11.8 Å². The lowest BCUT2D eigenvalue weighted by Crippen LogP contribution is -2.54. The maximum Gasteiger partial charge on any atom is 0.408 e. The standard InChI is InChI=1S/C35H51N5O6/c1-35(2,3)46-33(44)37-29(24-12-6-5-7-13-24)32(43)39-21-19-23(20-22-39)11-8-9-14-25-15-10-16-26-30(25)38(4)34(45)40(26)27-17-18-28(41)36-31(27)42/h10,15-16,23-24,27,29H,5-9,11-14,17-22H2,1-4H3,(H,37,44)(H,36,41,42)/t27?,29-/m0/s1. The summed E-state index contributed by atoms with van der Waals surface area (Å²) < 4.78 is 8.67. The molecule has 0 spiro atoms. The van der Waals surface area contributed by atoms with Crippen LogP contribution in [-0.2, 0) is 32.6 Å². The Labute approximate surface area is 271 Å². The number of nitrogens with zero attached hydrogens (tertiary/aromatic N) is 3. The number of nitrogens with one attached hydrogen (secondary N) is 2. The summed E-state index contributed by atoms with van der Waals surface area (Å²) in [7, 11) is 1.74. The van der Waals surface area contributed by atoms with Gasteiger partial charge in [-0.05, 0) is 89.2 Å². The Kier molecular flexibility index (Phi) is 10.6. The number of imide groups is 1. The number of carbonyl (C=O) groups excluding carboxylic acids is 4. The van der Waals surface area contributed by atoms with E-state index >= 15 is 0 Å². The third kappa shape index (κ3) is 7.83. The summed E-state index contributed by atoms with van der Waals surface area (Å²) in [4.78, 5) is 65.8. The van der Waals surface area contributed by atoms with Crippen LogP contribution in [-0.4, -0.2) is 62.6 Å². The Morgan fingerprint density at radius 2 is 1.72 bits per heavy atom. The van der Waals surface area contributed by atoms with E-state index in [0.29, 0.717) is 25.4 Å². The molecule has 2 N–H and O–H groups in total. The van der Waals surface area contributed by atoms with Gasteiger partial charge < -0.3 is 15.0 Å². The zero-order valence-corrected chi connectivity index (χ0v) is 27.9. The van der Waals surface area contributed by atoms with E-state index in [4.69, 9.17) is 4.74 Å². The molecule has 0 radical (unpaired) electrons. The van der Waals surface area contributed by atoms with Crippen molar-refractivity contribution in [1.82, 2.24) is 24.7 Å². The molecule has 252 valence electrons. The number of piperidine rings is 2. The molecule has 0 bridgehead atoms. The number of imidazole rings is 1. The highest BCUT2D eigenvalue weighted by Gasteiger charge is 2.36. The van der Waals surface area contributed by atoms with Crippen LogP contribution in [0.15, 0.2) is 23.0 Å². The number of unbranched alkanes of at least 4 members (excludes halogenated alkanes) is 1. The molecule has 1 aromatic carbocycles. The monoisotopic (exact) mass is 637 g/mol. The summed E-state index contributed by atoms with van der Waals surface area (Å²) in [6.07, 6.45) is 11.1. The van der Waals surface area contributed by atoms with Crippen molar-refractivity contribution in [3.8, 4) is 0 Å². The number of amides is 4. The van der Waals surface area contributed by atoms with E-state index in [0.717, 1.165) is 80.8 Å². The third-order valence-electron chi connectivity index (χ3n) is 10.0. The lowest BCUT2D eigenvalue weighted by molar-refractivity contribution is -0.137. The number of fused-ring (bicyclic) bond motifs is 1. The summed E-state index contributed by atoms with van der Waals surface area (Å²) >= 11 is 0. The maximum absolute atomic E-state index is 13.7. The second-order valence-electron chi connectivity index (χ2n) is 14.5. The minimum absolute atomic E-state index is 0.0270. The fourth-order valence-electron chi connectivity index (χ4n) is 7.62. The van der Waals surface area contributed by atoms with Gasteiger partial charge in [0.25, 0.3) is 0 Å². The number of ether oxygens (including phenoxy) is 1. The van der Waals surface area contributed by atoms with Crippen molar-refractivity contribution in [2.24, 2.45) is 18.9 Å². The average Bonchev–Trinajstić information content (AvgIpc) is 3.27. The molecule has 2 atom stereocenters. The van der Waals surface area contributed by atoms with Crippen LogP contribution in [0.25, 0.3) is 11.0 Å². The zero-order valence-electron chi connectivity index (χ0n) is 27.9. The smallest absolute Gasteiger partial charge is 0.408 e. The third-order valence-corrected chi connectivity index (χ3v) is 10.0. The van der Waals surface area contributed by atoms with E-state index in [9.17, 15) is 24.0 Å². The lowest BCUT2D eigenvalue weighted by Gasteiger charge is -2.37. The summed E-state index contributed by atoms with van der Waals surface area (Å²) in [5, 5.41) is 5.31. The fraction of sp³-hybridized carbons (Fsp3) is 0.686. The van der Waals surface area contributed by atoms with E-state index in [1.54, 1.807) is 11.6 Å². The van der Waals surface area contributed by atoms with Crippen LogP contribution in [0.4, 0.5) is 4.79 Å². The number of rotatable bonds is 9. The molecule has 3 heterocycles. The van der Waals surface area contributed by atoms with E-state index in [1.807, 2.05) is 37.8 Å². The molecule has 11 heteroatoms. The van der Waals surface area contributed by atoms with Crippen LogP contribution < -0.4 is 16.3 Å². The molecule has 1 aliphatic carbocycles. The zero-order chi connectivity index (χ0) is 33.0. The van der Waals surface area contributed by atoms with Crippen molar-refractivity contribution in [1.29, 1.82) is 0 Å². The van der Waals surface area contributed by atoms with Crippen molar-refractivity contribution in [3.05, 3.63) is 34.2 Å². The first-order chi connectivity index (χ1) is 21.9. The molecule has 1 saturated carbocycles. The highest BCUT2D eigenvalue weighted by molar-refractivity contribution is 6.00. The number of hydrogen-bond acceptors (Lipinski definition) is 6. The van der Waals surface area contributed by atoms with Gasteiger partial charge in [0.15, 0.2) is 0 Å². The first-order valence-electron chi connectivity index (χ1n) is 17.2. The molecular formula is C35H51N5O6. The van der Waals surface area contributed by atoms with Gasteiger partial charge in [0, 0.05) is 26.6 Å². The Hall–Kier alpha value is -3.63. The summed E-state index contributed by atoms with van der Waals surface area (Å²) in [5.74, 6) is -0.000524. The first-order valence-corrected chi connectivity index (χ1v) is 17.2. The number of hydrogen-bond donors (Lipinski definition) is 2. The van der Waals surface area contributed by atoms with Crippen molar-refractivity contribution >= 4 is 34.8 Å². The molecule has 3 aliphatic rings. The molecule has 1 unspecified atom stereocenters. The van der Waals surface area contributed by atoms with Crippen LogP contribution in [0.2, 0.25) is 0 Å². The van der Waals surface area contributed by atoms with Crippen LogP contribution in [0, 0.1) is 11.8 Å². The van der Waals surface area contributed by atoms with Crippen LogP contribution >= 0.6 is 0 Å². The van der Waals surface area contributed by atoms with Crippen LogP contribution in [0.3, 0.4) is 0 Å². The Morgan fingerprint density at radius 1 is 1.00 bits per heavy atom. The van der Waals surface area contributed by atoms with Crippen molar-refractivity contribution in [2.75, 3.05) is 13.1 Å². The van der Waals surface area contributed by atoms with Gasteiger partial charge in [-0.3, -0.25) is 28.8 Å². The van der Waals surface area contributed by atoms with E-state index in [2.05, 4.69) is 16.7 Å². The first kappa shape index (κ1) is 33.7. The topological polar surface area (TPSA) is 132 Å². The average molecular weight is 638 g/mol. The van der Waals surface area contributed by atoms with Crippen LogP contribution in [0.5, 0.6) is 0 Å². The summed E-state index contributed by atoms with van der Waals surface area (Å²) in [5.41, 5.74) is 1.79. The summed E-state index contributed by atoms with van der Waals surface area (Å²) in [6.45, 7) is 6.91. The molecule has 1 aromatic heterocycles. The number of carbonyl (C=O) groups is 4. The van der Waals surface area contributed by atoms with Gasteiger partial charge in [-0.1, -0.05) is 44.2 Å². The van der Waals surface area contributed by atoms with Gasteiger partial charge in [-0.25, -0.2) is 9.59 Å². The number of aromatic nitrogens is 2. The summed E-state index contributed by atoms with van der Waals surface area (Å²) in [6, 6.07) is 4.64. The number of benzene rings is 1. The minimum atomic E-state index is -0.687. The number of aryl methyl sites for hydroxylation is 2. The van der Waals surface area contributed by atoms with E-state index < -0.39 is 29.7 Å².